The Morgan fingerprint density at radius 2 is 1.95 bits per heavy atom. The third-order valence-electron chi connectivity index (χ3n) is 2.34. The second-order valence-corrected chi connectivity index (χ2v) is 5.94. The van der Waals surface area contributed by atoms with Crippen molar-refractivity contribution in [2.75, 3.05) is 25.9 Å². The molecule has 0 aliphatic carbocycles. The van der Waals surface area contributed by atoms with E-state index in [9.17, 15) is 4.79 Å². The van der Waals surface area contributed by atoms with Gasteiger partial charge in [-0.05, 0) is 44.3 Å². The summed E-state index contributed by atoms with van der Waals surface area (Å²) in [5.74, 6) is 0.954. The van der Waals surface area contributed by atoms with Gasteiger partial charge in [0.15, 0.2) is 0 Å². The van der Waals surface area contributed by atoms with Crippen molar-refractivity contribution in [2.45, 2.75) is 17.7 Å². The number of carbonyl (C=O) groups excluding carboxylic acids is 1. The van der Waals surface area contributed by atoms with E-state index >= 15 is 0 Å². The third kappa shape index (κ3) is 9.32. The van der Waals surface area contributed by atoms with E-state index in [0.717, 1.165) is 29.7 Å². The van der Waals surface area contributed by atoms with Crippen molar-refractivity contribution >= 4 is 46.0 Å². The predicted molar refractivity (Wildman–Crippen MR) is 88.3 cm³/mol. The molecule has 0 atom stereocenters. The first-order valence-electron chi connectivity index (χ1n) is 6.02. The lowest BCUT2D eigenvalue weighted by molar-refractivity contribution is -0.120. The minimum Gasteiger partial charge on any atom is -0.356 e. The van der Waals surface area contributed by atoms with Crippen molar-refractivity contribution in [3.05, 3.63) is 28.7 Å². The first kappa shape index (κ1) is 18.8. The van der Waals surface area contributed by atoms with Crippen molar-refractivity contribution in [3.63, 3.8) is 0 Å². The van der Waals surface area contributed by atoms with Gasteiger partial charge in [0.2, 0.25) is 5.91 Å². The topological polar surface area (TPSA) is 41.1 Å². The van der Waals surface area contributed by atoms with Crippen LogP contribution in [0.15, 0.2) is 33.6 Å². The second-order valence-electron chi connectivity index (χ2n) is 3.86. The Morgan fingerprint density at radius 1 is 1.26 bits per heavy atom. The van der Waals surface area contributed by atoms with E-state index in [4.69, 9.17) is 0 Å². The Labute approximate surface area is 133 Å². The van der Waals surface area contributed by atoms with Crippen LogP contribution in [0.25, 0.3) is 0 Å². The second kappa shape index (κ2) is 11.6. The van der Waals surface area contributed by atoms with E-state index in [1.54, 1.807) is 11.8 Å². The number of hydrogen-bond donors (Lipinski definition) is 2. The molecule has 1 aromatic carbocycles. The number of carbonyl (C=O) groups is 1. The van der Waals surface area contributed by atoms with Crippen LogP contribution in [0, 0.1) is 0 Å². The van der Waals surface area contributed by atoms with E-state index in [1.807, 2.05) is 19.2 Å². The maximum atomic E-state index is 11.5. The van der Waals surface area contributed by atoms with Gasteiger partial charge >= 0.3 is 0 Å². The van der Waals surface area contributed by atoms with Crippen molar-refractivity contribution in [1.82, 2.24) is 10.6 Å². The van der Waals surface area contributed by atoms with Crippen LogP contribution in [0.1, 0.15) is 12.8 Å². The first-order chi connectivity index (χ1) is 8.72. The molecule has 3 nitrogen and oxygen atoms in total. The first-order valence-corrected chi connectivity index (χ1v) is 7.80. The van der Waals surface area contributed by atoms with Crippen molar-refractivity contribution < 1.29 is 4.79 Å². The van der Waals surface area contributed by atoms with E-state index in [-0.39, 0.29) is 18.3 Å². The highest BCUT2D eigenvalue weighted by Crippen LogP contribution is 2.20. The Kier molecular flexibility index (Phi) is 11.4. The number of hydrogen-bond acceptors (Lipinski definition) is 3. The molecule has 0 aliphatic heterocycles. The molecule has 0 aliphatic rings. The number of benzene rings is 1. The fourth-order valence-electron chi connectivity index (χ4n) is 1.37. The summed E-state index contributed by atoms with van der Waals surface area (Å²) < 4.78 is 1.08. The molecule has 0 radical (unpaired) electrons. The lowest BCUT2D eigenvalue weighted by Gasteiger charge is -2.05. The average molecular weight is 368 g/mol. The van der Waals surface area contributed by atoms with Crippen LogP contribution >= 0.6 is 40.1 Å². The summed E-state index contributed by atoms with van der Waals surface area (Å²) in [7, 11) is 1.91. The number of thioether (sulfide) groups is 1. The van der Waals surface area contributed by atoms with Crippen LogP contribution in [0.3, 0.4) is 0 Å². The maximum Gasteiger partial charge on any atom is 0.220 e. The highest BCUT2D eigenvalue weighted by molar-refractivity contribution is 9.10. The van der Waals surface area contributed by atoms with Gasteiger partial charge in [-0.2, -0.15) is 0 Å². The summed E-state index contributed by atoms with van der Waals surface area (Å²) in [4.78, 5) is 12.7. The molecule has 0 spiro atoms. The zero-order valence-electron chi connectivity index (χ0n) is 10.9. The van der Waals surface area contributed by atoms with Gasteiger partial charge in [-0.1, -0.05) is 15.9 Å². The maximum absolute atomic E-state index is 11.5. The van der Waals surface area contributed by atoms with Gasteiger partial charge in [0, 0.05) is 28.1 Å². The quantitative estimate of drug-likeness (QED) is 0.548. The number of halogens is 2. The standard InChI is InChI=1S/C13H19BrN2OS.ClH/c1-15-8-2-9-16-13(17)7-10-18-12-5-3-11(14)4-6-12;/h3-6,15H,2,7-10H2,1H3,(H,16,17);1H. The van der Waals surface area contributed by atoms with Crippen LogP contribution in [-0.2, 0) is 4.79 Å². The molecule has 0 bridgehead atoms. The van der Waals surface area contributed by atoms with E-state index < -0.39 is 0 Å². The Morgan fingerprint density at radius 3 is 2.58 bits per heavy atom. The van der Waals surface area contributed by atoms with Crippen molar-refractivity contribution in [3.8, 4) is 0 Å². The largest absolute Gasteiger partial charge is 0.356 e. The van der Waals surface area contributed by atoms with Crippen molar-refractivity contribution in [2.24, 2.45) is 0 Å². The average Bonchev–Trinajstić information content (AvgIpc) is 2.37. The summed E-state index contributed by atoms with van der Waals surface area (Å²) in [6.07, 6.45) is 1.54. The smallest absolute Gasteiger partial charge is 0.220 e. The lowest BCUT2D eigenvalue weighted by atomic mass is 10.4. The van der Waals surface area contributed by atoms with Gasteiger partial charge in [-0.3, -0.25) is 4.79 Å². The van der Waals surface area contributed by atoms with Gasteiger partial charge in [-0.15, -0.1) is 24.2 Å². The Bertz CT molecular complexity index is 362. The summed E-state index contributed by atoms with van der Waals surface area (Å²) in [6, 6.07) is 8.14. The van der Waals surface area contributed by atoms with Gasteiger partial charge in [0.25, 0.3) is 0 Å². The van der Waals surface area contributed by atoms with Gasteiger partial charge in [0.05, 0.1) is 0 Å². The molecule has 0 unspecified atom stereocenters. The number of amides is 1. The minimum atomic E-state index is 0. The molecule has 0 saturated carbocycles. The molecule has 0 aromatic heterocycles. The molecule has 0 saturated heterocycles. The molecule has 0 fully saturated rings. The molecular weight excluding hydrogens is 348 g/mol. The fraction of sp³-hybridized carbons (Fsp3) is 0.462. The van der Waals surface area contributed by atoms with E-state index in [1.165, 1.54) is 4.90 Å². The van der Waals surface area contributed by atoms with Crippen LogP contribution in [-0.4, -0.2) is 31.8 Å². The van der Waals surface area contributed by atoms with Crippen LogP contribution in [0.5, 0.6) is 0 Å². The normalized spacial score (nSPS) is 9.79. The molecule has 0 heterocycles. The van der Waals surface area contributed by atoms with E-state index in [0.29, 0.717) is 6.42 Å². The van der Waals surface area contributed by atoms with Gasteiger partial charge in [0.1, 0.15) is 0 Å². The zero-order chi connectivity index (χ0) is 13.2. The van der Waals surface area contributed by atoms with Crippen LogP contribution in [0.4, 0.5) is 0 Å². The summed E-state index contributed by atoms with van der Waals surface area (Å²) in [5, 5.41) is 5.96. The fourth-order valence-corrected chi connectivity index (χ4v) is 2.49. The molecule has 1 amide bonds. The molecule has 2 N–H and O–H groups in total. The van der Waals surface area contributed by atoms with Crippen LogP contribution in [0.2, 0.25) is 0 Å². The lowest BCUT2D eigenvalue weighted by Crippen LogP contribution is -2.26. The van der Waals surface area contributed by atoms with Crippen molar-refractivity contribution in [1.29, 1.82) is 0 Å². The van der Waals surface area contributed by atoms with Crippen LogP contribution < -0.4 is 10.6 Å². The SMILES string of the molecule is CNCCCNC(=O)CCSc1ccc(Br)cc1.Cl. The zero-order valence-corrected chi connectivity index (χ0v) is 14.2. The minimum absolute atomic E-state index is 0. The van der Waals surface area contributed by atoms with Gasteiger partial charge < -0.3 is 10.6 Å². The number of rotatable bonds is 8. The third-order valence-corrected chi connectivity index (χ3v) is 3.88. The summed E-state index contributed by atoms with van der Waals surface area (Å²) in [5.41, 5.74) is 0. The molecular formula is C13H20BrClN2OS. The Hall–Kier alpha value is -0.230. The highest BCUT2D eigenvalue weighted by Gasteiger charge is 2.01. The summed E-state index contributed by atoms with van der Waals surface area (Å²) >= 11 is 5.11. The molecule has 108 valence electrons. The van der Waals surface area contributed by atoms with Gasteiger partial charge in [-0.25, -0.2) is 0 Å². The highest BCUT2D eigenvalue weighted by atomic mass is 79.9. The summed E-state index contributed by atoms with van der Waals surface area (Å²) in [6.45, 7) is 1.69. The Balaban J connectivity index is 0.00000324. The molecule has 6 heteroatoms. The monoisotopic (exact) mass is 366 g/mol. The van der Waals surface area contributed by atoms with E-state index in [2.05, 4.69) is 38.7 Å². The predicted octanol–water partition coefficient (Wildman–Crippen LogP) is 3.08. The molecule has 1 aromatic rings. The molecule has 19 heavy (non-hydrogen) atoms. The number of nitrogens with one attached hydrogen (secondary N) is 2. The molecule has 1 rings (SSSR count).